The Balaban J connectivity index is 0.00000245. The summed E-state index contributed by atoms with van der Waals surface area (Å²) in [6.07, 6.45) is 1.51. The number of benzene rings is 2. The van der Waals surface area contributed by atoms with E-state index in [1.54, 1.807) is 6.07 Å². The van der Waals surface area contributed by atoms with Gasteiger partial charge < -0.3 is 30.0 Å². The molecule has 2 aromatic carbocycles. The van der Waals surface area contributed by atoms with E-state index in [1.807, 2.05) is 29.2 Å². The Labute approximate surface area is 212 Å². The zero-order valence-corrected chi connectivity index (χ0v) is 20.4. The molecule has 0 radical (unpaired) electrons. The summed E-state index contributed by atoms with van der Waals surface area (Å²) in [5.41, 5.74) is 9.18. The fraction of sp³-hybridized carbons (Fsp3) is 0.318. The Morgan fingerprint density at radius 3 is 2.66 bits per heavy atom. The van der Waals surface area contributed by atoms with Crippen molar-refractivity contribution in [2.24, 2.45) is 5.92 Å². The van der Waals surface area contributed by atoms with Crippen LogP contribution in [-0.2, 0) is 11.2 Å². The molecule has 10 heteroatoms. The van der Waals surface area contributed by atoms with Crippen LogP contribution in [0, 0.1) is 5.92 Å². The predicted molar refractivity (Wildman–Crippen MR) is 114 cm³/mol. The molecule has 0 aliphatic carbocycles. The number of carbonyl (C=O) groups is 1. The number of nitrogens with two attached hydrogens (primary N) is 1. The maximum Gasteiger partial charge on any atom is 1.00 e. The van der Waals surface area contributed by atoms with E-state index in [4.69, 9.17) is 36.8 Å². The van der Waals surface area contributed by atoms with Crippen molar-refractivity contribution in [3.05, 3.63) is 46.6 Å². The van der Waals surface area contributed by atoms with Gasteiger partial charge in [-0.25, -0.2) is 9.97 Å². The number of ether oxygens (including phenoxy) is 2. The molecule has 0 atom stereocenters. The molecule has 1 saturated heterocycles. The number of rotatable bonds is 4. The molecule has 3 aromatic rings. The molecule has 32 heavy (non-hydrogen) atoms. The second-order valence-electron chi connectivity index (χ2n) is 7.77. The quantitative estimate of drug-likeness (QED) is 0.394. The van der Waals surface area contributed by atoms with E-state index >= 15 is 0 Å². The molecule has 2 aliphatic rings. The molecule has 1 fully saturated rings. The molecule has 0 unspecified atom stereocenters. The number of aromatic nitrogens is 2. The van der Waals surface area contributed by atoms with Crippen LogP contribution >= 0.6 is 11.6 Å². The first-order valence-electron chi connectivity index (χ1n) is 10.1. The zero-order chi connectivity index (χ0) is 21.5. The first-order valence-corrected chi connectivity index (χ1v) is 10.5. The number of carboxylic acids is 1. The monoisotopic (exact) mass is 462 g/mol. The van der Waals surface area contributed by atoms with Gasteiger partial charge in [0.2, 0.25) is 12.7 Å². The molecule has 0 bridgehead atoms. The number of hydrogen-bond acceptors (Lipinski definition) is 8. The van der Waals surface area contributed by atoms with Crippen molar-refractivity contribution in [3.8, 4) is 11.5 Å². The van der Waals surface area contributed by atoms with Crippen LogP contribution in [0.3, 0.4) is 0 Å². The number of piperidine rings is 1. The molecular formula is C22H20ClN4NaO4. The summed E-state index contributed by atoms with van der Waals surface area (Å²) >= 11 is 6.28. The smallest absolute Gasteiger partial charge is 0.550 e. The van der Waals surface area contributed by atoms with Gasteiger partial charge in [-0.05, 0) is 42.7 Å². The van der Waals surface area contributed by atoms with Gasteiger partial charge in [-0.2, -0.15) is 0 Å². The summed E-state index contributed by atoms with van der Waals surface area (Å²) in [4.78, 5) is 22.7. The zero-order valence-electron chi connectivity index (χ0n) is 17.6. The second kappa shape index (κ2) is 9.31. The average molecular weight is 463 g/mol. The Kier molecular flexibility index (Phi) is 6.67. The average Bonchev–Trinajstić information content (AvgIpc) is 3.24. The van der Waals surface area contributed by atoms with Gasteiger partial charge in [0.15, 0.2) is 11.5 Å². The van der Waals surface area contributed by atoms with E-state index in [0.29, 0.717) is 60.3 Å². The van der Waals surface area contributed by atoms with Gasteiger partial charge in [0.25, 0.3) is 0 Å². The molecule has 1 aromatic heterocycles. The predicted octanol–water partition coefficient (Wildman–Crippen LogP) is -0.845. The summed E-state index contributed by atoms with van der Waals surface area (Å²) in [5.74, 6) is 0.549. The van der Waals surface area contributed by atoms with Gasteiger partial charge in [-0.1, -0.05) is 17.7 Å². The number of carbonyl (C=O) groups excluding carboxylic acids is 1. The van der Waals surface area contributed by atoms with Gasteiger partial charge in [0, 0.05) is 36.8 Å². The van der Waals surface area contributed by atoms with Crippen LogP contribution in [0.4, 0.5) is 11.6 Å². The Morgan fingerprint density at radius 1 is 1.16 bits per heavy atom. The first kappa shape index (κ1) is 22.9. The van der Waals surface area contributed by atoms with E-state index in [1.165, 1.54) is 0 Å². The number of aliphatic carboxylic acids is 1. The van der Waals surface area contributed by atoms with Gasteiger partial charge in [0.05, 0.1) is 21.9 Å². The van der Waals surface area contributed by atoms with Crippen LogP contribution in [0.2, 0.25) is 5.02 Å². The van der Waals surface area contributed by atoms with Crippen molar-refractivity contribution in [3.63, 3.8) is 0 Å². The largest absolute Gasteiger partial charge is 1.00 e. The van der Waals surface area contributed by atoms with Crippen LogP contribution in [0.25, 0.3) is 10.9 Å². The molecule has 0 saturated carbocycles. The minimum atomic E-state index is -0.995. The fourth-order valence-electron chi connectivity index (χ4n) is 4.12. The second-order valence-corrected chi connectivity index (χ2v) is 8.18. The topological polar surface area (TPSA) is 114 Å². The SMILES string of the molecule is Nc1c(Cl)ccc2nc(N3CCC(C(=O)[O-])CC3)nc(Cc3ccc4c(c3)OCO4)c12.[Na+]. The minimum Gasteiger partial charge on any atom is -0.550 e. The third-order valence-electron chi connectivity index (χ3n) is 5.83. The van der Waals surface area contributed by atoms with Gasteiger partial charge >= 0.3 is 29.6 Å². The standard InChI is InChI=1S/C22H21ClN4O4.Na/c23-14-2-3-15-19(20(14)24)16(9-12-1-4-17-18(10-12)31-11-30-17)26-22(25-15)27-7-5-13(6-8-27)21(28)29;/h1-4,10,13H,5-9,11,24H2,(H,28,29);/q;+1/p-1. The molecule has 8 nitrogen and oxygen atoms in total. The third kappa shape index (κ3) is 4.32. The number of hydrogen-bond donors (Lipinski definition) is 1. The molecular weight excluding hydrogens is 443 g/mol. The maximum atomic E-state index is 11.2. The number of fused-ring (bicyclic) bond motifs is 2. The van der Waals surface area contributed by atoms with Crippen LogP contribution in [0.5, 0.6) is 11.5 Å². The number of halogens is 1. The van der Waals surface area contributed by atoms with Gasteiger partial charge in [0.1, 0.15) is 0 Å². The fourth-order valence-corrected chi connectivity index (χ4v) is 4.27. The number of nitrogens with zero attached hydrogens (tertiary/aromatic N) is 3. The molecule has 3 heterocycles. The normalized spacial score (nSPS) is 15.6. The van der Waals surface area contributed by atoms with Crippen molar-refractivity contribution in [1.82, 2.24) is 9.97 Å². The van der Waals surface area contributed by atoms with E-state index in [9.17, 15) is 9.90 Å². The van der Waals surface area contributed by atoms with E-state index in [2.05, 4.69) is 0 Å². The van der Waals surface area contributed by atoms with E-state index in [0.717, 1.165) is 22.4 Å². The maximum absolute atomic E-state index is 11.2. The summed E-state index contributed by atoms with van der Waals surface area (Å²) in [7, 11) is 0. The third-order valence-corrected chi connectivity index (χ3v) is 6.16. The van der Waals surface area contributed by atoms with E-state index < -0.39 is 11.9 Å². The van der Waals surface area contributed by atoms with Crippen LogP contribution < -0.4 is 54.8 Å². The summed E-state index contributed by atoms with van der Waals surface area (Å²) in [6.45, 7) is 1.32. The summed E-state index contributed by atoms with van der Waals surface area (Å²) in [6, 6.07) is 9.33. The molecule has 2 aliphatic heterocycles. The molecule has 0 amide bonds. The van der Waals surface area contributed by atoms with Crippen molar-refractivity contribution >= 4 is 40.1 Å². The van der Waals surface area contributed by atoms with Gasteiger partial charge in [-0.3, -0.25) is 0 Å². The molecule has 5 rings (SSSR count). The number of carboxylic acid groups (broad SMARTS) is 1. The van der Waals surface area contributed by atoms with Crippen LogP contribution in [-0.4, -0.2) is 35.8 Å². The van der Waals surface area contributed by atoms with Crippen molar-refractivity contribution < 1.29 is 48.9 Å². The van der Waals surface area contributed by atoms with Crippen molar-refractivity contribution in [2.75, 3.05) is 30.5 Å². The Morgan fingerprint density at radius 2 is 1.91 bits per heavy atom. The van der Waals surface area contributed by atoms with Crippen LogP contribution in [0.15, 0.2) is 30.3 Å². The molecule has 2 N–H and O–H groups in total. The van der Waals surface area contributed by atoms with Crippen LogP contribution in [0.1, 0.15) is 24.1 Å². The first-order chi connectivity index (χ1) is 15.0. The summed E-state index contributed by atoms with van der Waals surface area (Å²) < 4.78 is 10.9. The van der Waals surface area contributed by atoms with Crippen molar-refractivity contribution in [2.45, 2.75) is 19.3 Å². The molecule has 160 valence electrons. The Bertz CT molecular complexity index is 1180. The van der Waals surface area contributed by atoms with Crippen molar-refractivity contribution in [1.29, 1.82) is 0 Å². The minimum absolute atomic E-state index is 0. The van der Waals surface area contributed by atoms with Gasteiger partial charge in [-0.15, -0.1) is 0 Å². The molecule has 0 spiro atoms. The number of anilines is 2. The van der Waals surface area contributed by atoms with E-state index in [-0.39, 0.29) is 36.4 Å². The Hall–Kier alpha value is -2.26. The number of nitrogen functional groups attached to an aromatic ring is 1. The summed E-state index contributed by atoms with van der Waals surface area (Å²) in [5, 5.41) is 12.3.